The van der Waals surface area contributed by atoms with E-state index in [1.165, 1.54) is 0 Å². The Bertz CT molecular complexity index is 169. The summed E-state index contributed by atoms with van der Waals surface area (Å²) in [5, 5.41) is 0. The molecule has 1 rings (SSSR count). The van der Waals surface area contributed by atoms with Gasteiger partial charge < -0.3 is 0 Å². The number of aromatic nitrogens is 1. The summed E-state index contributed by atoms with van der Waals surface area (Å²) in [6, 6.07) is 6.00. The molecule has 46 valence electrons. The van der Waals surface area contributed by atoms with Crippen LogP contribution in [0, 0.1) is 13.8 Å². The third kappa shape index (κ3) is 2.84. The van der Waals surface area contributed by atoms with Gasteiger partial charge >= 0.3 is 0 Å². The van der Waals surface area contributed by atoms with Gasteiger partial charge in [0.2, 0.25) is 0 Å². The first-order valence-corrected chi connectivity index (χ1v) is 2.69. The normalized spacial score (nSPS) is 8.22. The van der Waals surface area contributed by atoms with Crippen molar-refractivity contribution in [1.82, 2.24) is 4.98 Å². The number of nitrogens with zero attached hydrogens (tertiary/aromatic N) is 1. The van der Waals surface area contributed by atoms with E-state index in [0.717, 1.165) is 11.4 Å². The molecular weight excluding hydrogens is 217 g/mol. The first kappa shape index (κ1) is 8.95. The van der Waals surface area contributed by atoms with Gasteiger partial charge in [-0.1, -0.05) is 6.07 Å². The van der Waals surface area contributed by atoms with Crippen LogP contribution < -0.4 is 0 Å². The molecule has 0 aliphatic rings. The van der Waals surface area contributed by atoms with Crippen molar-refractivity contribution in [3.8, 4) is 0 Å². The Hall–Kier alpha value is -0.0513. The second-order valence-corrected chi connectivity index (χ2v) is 1.92. The molecule has 0 aliphatic heterocycles. The molecule has 0 bridgehead atoms. The Morgan fingerprint density at radius 2 is 1.56 bits per heavy atom. The fraction of sp³-hybridized carbons (Fsp3) is 0.286. The number of aryl methyl sites for hydroxylation is 2. The maximum Gasteiger partial charge on any atom is 0.0375 e. The van der Waals surface area contributed by atoms with Crippen molar-refractivity contribution in [3.63, 3.8) is 0 Å². The Labute approximate surface area is 72.5 Å². The molecule has 4 radical (unpaired) electrons. The van der Waals surface area contributed by atoms with E-state index in [1.807, 2.05) is 32.0 Å². The standard InChI is InChI=1S/C7H9N.Sn/c1-6-4-3-5-7(2)8-6;/h3-5H,1-2H3;. The van der Waals surface area contributed by atoms with Gasteiger partial charge in [0, 0.05) is 35.3 Å². The predicted molar refractivity (Wildman–Crippen MR) is 39.5 cm³/mol. The molecule has 0 amide bonds. The average Bonchev–Trinajstić information content (AvgIpc) is 1.64. The number of pyridine rings is 1. The van der Waals surface area contributed by atoms with Gasteiger partial charge in [-0.25, -0.2) is 0 Å². The van der Waals surface area contributed by atoms with Crippen LogP contribution in [0.15, 0.2) is 18.2 Å². The van der Waals surface area contributed by atoms with Gasteiger partial charge in [0.15, 0.2) is 0 Å². The molecule has 9 heavy (non-hydrogen) atoms. The molecule has 0 fully saturated rings. The third-order valence-corrected chi connectivity index (χ3v) is 1.03. The molecule has 0 saturated carbocycles. The largest absolute Gasteiger partial charge is 0.258 e. The van der Waals surface area contributed by atoms with Gasteiger partial charge in [0.05, 0.1) is 0 Å². The number of hydrogen-bond donors (Lipinski definition) is 0. The summed E-state index contributed by atoms with van der Waals surface area (Å²) in [4.78, 5) is 4.17. The first-order valence-electron chi connectivity index (χ1n) is 2.69. The zero-order valence-corrected chi connectivity index (χ0v) is 8.53. The van der Waals surface area contributed by atoms with Crippen LogP contribution in [0.5, 0.6) is 0 Å². The van der Waals surface area contributed by atoms with E-state index in [1.54, 1.807) is 0 Å². The molecule has 1 aromatic rings. The summed E-state index contributed by atoms with van der Waals surface area (Å²) >= 11 is 0. The molecule has 1 aromatic heterocycles. The quantitative estimate of drug-likeness (QED) is 0.607. The molecule has 0 N–H and O–H groups in total. The van der Waals surface area contributed by atoms with Crippen molar-refractivity contribution in [2.24, 2.45) is 0 Å². The van der Waals surface area contributed by atoms with Crippen LogP contribution >= 0.6 is 0 Å². The smallest absolute Gasteiger partial charge is 0.0375 e. The minimum absolute atomic E-state index is 0. The van der Waals surface area contributed by atoms with E-state index >= 15 is 0 Å². The molecular formula is C7H9NSn. The van der Waals surface area contributed by atoms with Gasteiger partial charge in [-0.2, -0.15) is 0 Å². The van der Waals surface area contributed by atoms with E-state index in [2.05, 4.69) is 4.98 Å². The Morgan fingerprint density at radius 1 is 1.11 bits per heavy atom. The number of rotatable bonds is 0. The molecule has 0 unspecified atom stereocenters. The summed E-state index contributed by atoms with van der Waals surface area (Å²) in [6.45, 7) is 3.99. The molecule has 0 atom stereocenters. The van der Waals surface area contributed by atoms with Crippen LogP contribution in [0.1, 0.15) is 11.4 Å². The van der Waals surface area contributed by atoms with Crippen LogP contribution in [0.3, 0.4) is 0 Å². The van der Waals surface area contributed by atoms with Crippen molar-refractivity contribution in [3.05, 3.63) is 29.6 Å². The number of hydrogen-bond acceptors (Lipinski definition) is 1. The summed E-state index contributed by atoms with van der Waals surface area (Å²) < 4.78 is 0. The van der Waals surface area contributed by atoms with Crippen molar-refractivity contribution < 1.29 is 0 Å². The van der Waals surface area contributed by atoms with Crippen molar-refractivity contribution in [1.29, 1.82) is 0 Å². The summed E-state index contributed by atoms with van der Waals surface area (Å²) in [7, 11) is 0. The van der Waals surface area contributed by atoms with Gasteiger partial charge in [-0.15, -0.1) is 0 Å². The minimum atomic E-state index is 0. The molecule has 0 aliphatic carbocycles. The predicted octanol–water partition coefficient (Wildman–Crippen LogP) is 1.32. The molecule has 0 spiro atoms. The molecule has 1 heterocycles. The maximum absolute atomic E-state index is 4.17. The van der Waals surface area contributed by atoms with Gasteiger partial charge in [0.1, 0.15) is 0 Å². The molecule has 0 aromatic carbocycles. The Balaban J connectivity index is 0.000000640. The van der Waals surface area contributed by atoms with Crippen LogP contribution in [-0.2, 0) is 0 Å². The van der Waals surface area contributed by atoms with Crippen LogP contribution in [-0.4, -0.2) is 28.9 Å². The van der Waals surface area contributed by atoms with E-state index in [4.69, 9.17) is 0 Å². The summed E-state index contributed by atoms with van der Waals surface area (Å²) in [5.41, 5.74) is 2.18. The SMILES string of the molecule is Cc1cccc(C)n1.[Sn]. The Kier molecular flexibility index (Phi) is 3.86. The molecule has 2 heteroatoms. The monoisotopic (exact) mass is 227 g/mol. The second kappa shape index (κ2) is 3.88. The fourth-order valence-corrected chi connectivity index (χ4v) is 0.679. The molecule has 1 nitrogen and oxygen atoms in total. The zero-order chi connectivity index (χ0) is 5.98. The molecule has 0 saturated heterocycles. The first-order chi connectivity index (χ1) is 3.79. The van der Waals surface area contributed by atoms with Crippen molar-refractivity contribution in [2.45, 2.75) is 13.8 Å². The van der Waals surface area contributed by atoms with Gasteiger partial charge in [0.25, 0.3) is 0 Å². The van der Waals surface area contributed by atoms with E-state index in [0.29, 0.717) is 0 Å². The fourth-order valence-electron chi connectivity index (χ4n) is 0.679. The summed E-state index contributed by atoms with van der Waals surface area (Å²) in [6.07, 6.45) is 0. The van der Waals surface area contributed by atoms with Crippen LogP contribution in [0.4, 0.5) is 0 Å². The summed E-state index contributed by atoms with van der Waals surface area (Å²) in [5.74, 6) is 0. The third-order valence-electron chi connectivity index (χ3n) is 1.03. The van der Waals surface area contributed by atoms with Crippen LogP contribution in [0.2, 0.25) is 0 Å². The van der Waals surface area contributed by atoms with Crippen LogP contribution in [0.25, 0.3) is 0 Å². The Morgan fingerprint density at radius 3 is 1.78 bits per heavy atom. The van der Waals surface area contributed by atoms with Crippen molar-refractivity contribution in [2.75, 3.05) is 0 Å². The van der Waals surface area contributed by atoms with E-state index in [9.17, 15) is 0 Å². The average molecular weight is 226 g/mol. The van der Waals surface area contributed by atoms with E-state index < -0.39 is 0 Å². The topological polar surface area (TPSA) is 12.9 Å². The second-order valence-electron chi connectivity index (χ2n) is 1.92. The van der Waals surface area contributed by atoms with E-state index in [-0.39, 0.29) is 23.9 Å². The van der Waals surface area contributed by atoms with Gasteiger partial charge in [-0.3, -0.25) is 4.98 Å². The zero-order valence-electron chi connectivity index (χ0n) is 5.68. The van der Waals surface area contributed by atoms with Gasteiger partial charge in [-0.05, 0) is 26.0 Å². The van der Waals surface area contributed by atoms with Crippen molar-refractivity contribution >= 4 is 23.9 Å². The maximum atomic E-state index is 4.17. The minimum Gasteiger partial charge on any atom is -0.258 e.